The first-order valence-corrected chi connectivity index (χ1v) is 5.33. The lowest BCUT2D eigenvalue weighted by Crippen LogP contribution is -1.90. The minimum atomic E-state index is 0.330. The monoisotopic (exact) mass is 284 g/mol. The molecule has 76 valence electrons. The van der Waals surface area contributed by atoms with Crippen molar-refractivity contribution in [2.24, 2.45) is 0 Å². The van der Waals surface area contributed by atoms with E-state index >= 15 is 0 Å². The van der Waals surface area contributed by atoms with E-state index < -0.39 is 0 Å². The summed E-state index contributed by atoms with van der Waals surface area (Å²) in [5.74, 6) is 1.11. The molecule has 0 unspecified atom stereocenters. The zero-order valence-corrected chi connectivity index (χ0v) is 9.86. The van der Waals surface area contributed by atoms with Crippen molar-refractivity contribution in [3.63, 3.8) is 0 Å². The predicted octanol–water partition coefficient (Wildman–Crippen LogP) is 3.68. The van der Waals surface area contributed by atoms with Gasteiger partial charge in [-0.3, -0.25) is 0 Å². The van der Waals surface area contributed by atoms with Gasteiger partial charge in [0.25, 0.3) is 0 Å². The fraction of sp³-hybridized carbons (Fsp3) is 0. The van der Waals surface area contributed by atoms with Crippen LogP contribution in [-0.2, 0) is 0 Å². The fourth-order valence-electron chi connectivity index (χ4n) is 1.00. The molecule has 1 aromatic carbocycles. The lowest BCUT2D eigenvalue weighted by molar-refractivity contribution is 0.458. The molecule has 0 spiro atoms. The third kappa shape index (κ3) is 2.46. The van der Waals surface area contributed by atoms with Gasteiger partial charge in [0.05, 0.1) is 0 Å². The lowest BCUT2D eigenvalue weighted by Gasteiger charge is -2.05. The maximum atomic E-state index is 5.80. The van der Waals surface area contributed by atoms with E-state index in [-0.39, 0.29) is 0 Å². The second kappa shape index (κ2) is 4.59. The van der Waals surface area contributed by atoms with Gasteiger partial charge in [0.2, 0.25) is 5.88 Å². The summed E-state index contributed by atoms with van der Waals surface area (Å²) < 4.78 is 6.06. The highest BCUT2D eigenvalue weighted by atomic mass is 79.9. The smallest absolute Gasteiger partial charge is 0.238 e. The number of rotatable bonds is 2. The van der Waals surface area contributed by atoms with Crippen LogP contribution in [0, 0.1) is 0 Å². The van der Waals surface area contributed by atoms with Crippen molar-refractivity contribution in [3.05, 3.63) is 46.3 Å². The molecule has 0 fully saturated rings. The van der Waals surface area contributed by atoms with Crippen molar-refractivity contribution in [3.8, 4) is 11.6 Å². The van der Waals surface area contributed by atoms with E-state index in [9.17, 15) is 0 Å². The third-order valence-electron chi connectivity index (χ3n) is 1.67. The standard InChI is InChI=1S/C10H6BrClN2O/c11-8-9(12)13-6-14-10(8)15-7-4-2-1-3-5-7/h1-6H. The Balaban J connectivity index is 2.29. The zero-order valence-electron chi connectivity index (χ0n) is 7.52. The summed E-state index contributed by atoms with van der Waals surface area (Å²) in [5.41, 5.74) is 0. The predicted molar refractivity (Wildman–Crippen MR) is 61.3 cm³/mol. The summed E-state index contributed by atoms with van der Waals surface area (Å²) in [6, 6.07) is 9.35. The van der Waals surface area contributed by atoms with Crippen molar-refractivity contribution in [1.82, 2.24) is 9.97 Å². The van der Waals surface area contributed by atoms with Gasteiger partial charge >= 0.3 is 0 Å². The summed E-state index contributed by atoms with van der Waals surface area (Å²) in [4.78, 5) is 7.78. The van der Waals surface area contributed by atoms with Crippen molar-refractivity contribution in [2.75, 3.05) is 0 Å². The molecule has 0 atom stereocenters. The fourth-order valence-corrected chi connectivity index (χ4v) is 1.42. The topological polar surface area (TPSA) is 35.0 Å². The molecular formula is C10H6BrClN2O. The Bertz CT molecular complexity index is 464. The quantitative estimate of drug-likeness (QED) is 0.789. The molecule has 0 aliphatic carbocycles. The van der Waals surface area contributed by atoms with Gasteiger partial charge in [-0.15, -0.1) is 0 Å². The highest BCUT2D eigenvalue weighted by molar-refractivity contribution is 9.10. The van der Waals surface area contributed by atoms with E-state index in [2.05, 4.69) is 25.9 Å². The van der Waals surface area contributed by atoms with Crippen LogP contribution in [0.1, 0.15) is 0 Å². The Labute approximate surface area is 100 Å². The van der Waals surface area contributed by atoms with Gasteiger partial charge in [-0.25, -0.2) is 9.97 Å². The second-order valence-electron chi connectivity index (χ2n) is 2.70. The molecule has 15 heavy (non-hydrogen) atoms. The Morgan fingerprint density at radius 3 is 2.60 bits per heavy atom. The molecule has 1 heterocycles. The van der Waals surface area contributed by atoms with E-state index in [0.717, 1.165) is 0 Å². The molecule has 0 radical (unpaired) electrons. The summed E-state index contributed by atoms with van der Waals surface area (Å²) in [5, 5.41) is 0.330. The van der Waals surface area contributed by atoms with Crippen molar-refractivity contribution in [1.29, 1.82) is 0 Å². The van der Waals surface area contributed by atoms with E-state index in [0.29, 0.717) is 21.3 Å². The molecule has 3 nitrogen and oxygen atoms in total. The minimum absolute atomic E-state index is 0.330. The van der Waals surface area contributed by atoms with Gasteiger partial charge < -0.3 is 4.74 Å². The maximum absolute atomic E-state index is 5.80. The van der Waals surface area contributed by atoms with E-state index in [1.807, 2.05) is 30.3 Å². The lowest BCUT2D eigenvalue weighted by atomic mass is 10.3. The van der Waals surface area contributed by atoms with Crippen LogP contribution >= 0.6 is 27.5 Å². The SMILES string of the molecule is Clc1ncnc(Oc2ccccc2)c1Br. The van der Waals surface area contributed by atoms with Crippen molar-refractivity contribution >= 4 is 27.5 Å². The molecule has 0 bridgehead atoms. The van der Waals surface area contributed by atoms with Gasteiger partial charge in [-0.2, -0.15) is 0 Å². The van der Waals surface area contributed by atoms with Crippen LogP contribution in [0.3, 0.4) is 0 Å². The molecular weight excluding hydrogens is 279 g/mol. The number of aromatic nitrogens is 2. The Kier molecular flexibility index (Phi) is 3.18. The number of halogens is 2. The third-order valence-corrected chi connectivity index (χ3v) is 2.90. The van der Waals surface area contributed by atoms with Crippen LogP contribution in [0.5, 0.6) is 11.6 Å². The first kappa shape index (κ1) is 10.4. The van der Waals surface area contributed by atoms with Gasteiger partial charge in [0.15, 0.2) is 5.15 Å². The first-order valence-electron chi connectivity index (χ1n) is 4.16. The van der Waals surface area contributed by atoms with E-state index in [4.69, 9.17) is 16.3 Å². The van der Waals surface area contributed by atoms with Crippen molar-refractivity contribution in [2.45, 2.75) is 0 Å². The van der Waals surface area contributed by atoms with Crippen LogP contribution in [0.15, 0.2) is 41.1 Å². The summed E-state index contributed by atoms with van der Waals surface area (Å²) in [6.07, 6.45) is 1.35. The second-order valence-corrected chi connectivity index (χ2v) is 3.85. The van der Waals surface area contributed by atoms with Crippen LogP contribution in [0.4, 0.5) is 0 Å². The van der Waals surface area contributed by atoms with Crippen LogP contribution in [0.2, 0.25) is 5.15 Å². The van der Waals surface area contributed by atoms with Crippen LogP contribution in [-0.4, -0.2) is 9.97 Å². The molecule has 0 N–H and O–H groups in total. The average Bonchev–Trinajstić information content (AvgIpc) is 2.26. The largest absolute Gasteiger partial charge is 0.438 e. The molecule has 5 heteroatoms. The average molecular weight is 286 g/mol. The van der Waals surface area contributed by atoms with Gasteiger partial charge in [-0.1, -0.05) is 29.8 Å². The molecule has 0 aliphatic heterocycles. The summed E-state index contributed by atoms with van der Waals surface area (Å²) in [7, 11) is 0. The number of nitrogens with zero attached hydrogens (tertiary/aromatic N) is 2. The van der Waals surface area contributed by atoms with E-state index in [1.54, 1.807) is 0 Å². The normalized spacial score (nSPS) is 10.0. The number of hydrogen-bond acceptors (Lipinski definition) is 3. The molecule has 0 saturated heterocycles. The molecule has 0 saturated carbocycles. The van der Waals surface area contributed by atoms with Crippen LogP contribution in [0.25, 0.3) is 0 Å². The van der Waals surface area contributed by atoms with Crippen molar-refractivity contribution < 1.29 is 4.74 Å². The van der Waals surface area contributed by atoms with Gasteiger partial charge in [0.1, 0.15) is 16.5 Å². The highest BCUT2D eigenvalue weighted by Crippen LogP contribution is 2.31. The number of benzene rings is 1. The minimum Gasteiger partial charge on any atom is -0.438 e. The Morgan fingerprint density at radius 2 is 1.87 bits per heavy atom. The van der Waals surface area contributed by atoms with Crippen LogP contribution < -0.4 is 4.74 Å². The molecule has 1 aromatic heterocycles. The summed E-state index contributed by atoms with van der Waals surface area (Å²) >= 11 is 9.06. The Hall–Kier alpha value is -1.13. The maximum Gasteiger partial charge on any atom is 0.238 e. The number of para-hydroxylation sites is 1. The van der Waals surface area contributed by atoms with Gasteiger partial charge in [0, 0.05) is 0 Å². The molecule has 2 aromatic rings. The summed E-state index contributed by atoms with van der Waals surface area (Å²) in [6.45, 7) is 0. The molecule has 0 aliphatic rings. The number of hydrogen-bond donors (Lipinski definition) is 0. The number of ether oxygens (including phenoxy) is 1. The van der Waals surface area contributed by atoms with E-state index in [1.165, 1.54) is 6.33 Å². The molecule has 0 amide bonds. The molecule has 2 rings (SSSR count). The Morgan fingerprint density at radius 1 is 1.13 bits per heavy atom. The van der Waals surface area contributed by atoms with Gasteiger partial charge in [-0.05, 0) is 28.1 Å². The first-order chi connectivity index (χ1) is 7.27. The highest BCUT2D eigenvalue weighted by Gasteiger charge is 2.08. The zero-order chi connectivity index (χ0) is 10.7.